The molecule has 4 heteroatoms. The van der Waals surface area contributed by atoms with E-state index in [1.807, 2.05) is 6.92 Å². The van der Waals surface area contributed by atoms with Crippen molar-refractivity contribution < 1.29 is 14.3 Å². The molecule has 1 aliphatic heterocycles. The van der Waals surface area contributed by atoms with E-state index in [1.165, 1.54) is 0 Å². The molecule has 0 aromatic rings. The summed E-state index contributed by atoms with van der Waals surface area (Å²) >= 11 is 0. The summed E-state index contributed by atoms with van der Waals surface area (Å²) in [5.41, 5.74) is 0.0778. The van der Waals surface area contributed by atoms with Crippen molar-refractivity contribution in [2.45, 2.75) is 38.5 Å². The lowest BCUT2D eigenvalue weighted by Crippen LogP contribution is -2.41. The van der Waals surface area contributed by atoms with Crippen LogP contribution in [0.25, 0.3) is 0 Å². The number of esters is 1. The fourth-order valence-electron chi connectivity index (χ4n) is 1.38. The smallest absolute Gasteiger partial charge is 0.335 e. The number of rotatable bonds is 2. The predicted octanol–water partition coefficient (Wildman–Crippen LogP) is 0.716. The van der Waals surface area contributed by atoms with Crippen LogP contribution in [0.3, 0.4) is 0 Å². The maximum absolute atomic E-state index is 11.5. The zero-order valence-electron chi connectivity index (χ0n) is 9.13. The maximum atomic E-state index is 11.5. The average molecular weight is 214 g/mol. The molecule has 1 rings (SSSR count). The molecule has 1 heterocycles. The van der Waals surface area contributed by atoms with Gasteiger partial charge >= 0.3 is 5.97 Å². The van der Waals surface area contributed by atoms with Crippen molar-refractivity contribution in [3.05, 3.63) is 11.6 Å². The van der Waals surface area contributed by atoms with E-state index in [4.69, 9.17) is 9.47 Å². The number of carbonyl (C=O) groups is 1. The summed E-state index contributed by atoms with van der Waals surface area (Å²) in [6.45, 7) is 4.31. The van der Waals surface area contributed by atoms with Gasteiger partial charge in [-0.15, -0.1) is 0 Å². The standard InChI is InChI=1S/C10H18O3Si/c1-3-8(2)9(11)13-10(14)6-4-5-7-12-10/h3H,4-7H2,1-2,14H3. The van der Waals surface area contributed by atoms with Crippen molar-refractivity contribution in [2.24, 2.45) is 0 Å². The van der Waals surface area contributed by atoms with Gasteiger partial charge in [0.05, 0.1) is 16.8 Å². The first kappa shape index (κ1) is 11.5. The van der Waals surface area contributed by atoms with Crippen molar-refractivity contribution >= 4 is 16.2 Å². The van der Waals surface area contributed by atoms with Crippen LogP contribution in [-0.2, 0) is 14.3 Å². The van der Waals surface area contributed by atoms with Crippen LogP contribution in [0.1, 0.15) is 33.1 Å². The summed E-state index contributed by atoms with van der Waals surface area (Å²) < 4.78 is 10.9. The molecule has 1 saturated heterocycles. The Bertz CT molecular complexity index is 242. The molecule has 1 fully saturated rings. The van der Waals surface area contributed by atoms with Gasteiger partial charge in [0.25, 0.3) is 0 Å². The fraction of sp³-hybridized carbons (Fsp3) is 0.700. The minimum atomic E-state index is -0.570. The number of hydrogen-bond donors (Lipinski definition) is 0. The number of allylic oxidation sites excluding steroid dienone is 1. The van der Waals surface area contributed by atoms with E-state index in [-0.39, 0.29) is 5.97 Å². The van der Waals surface area contributed by atoms with E-state index in [0.717, 1.165) is 29.5 Å². The molecule has 0 saturated carbocycles. The van der Waals surface area contributed by atoms with Crippen LogP contribution in [0.15, 0.2) is 11.6 Å². The van der Waals surface area contributed by atoms with Gasteiger partial charge in [0, 0.05) is 12.0 Å². The maximum Gasteiger partial charge on any atom is 0.335 e. The second kappa shape index (κ2) is 4.75. The van der Waals surface area contributed by atoms with Gasteiger partial charge in [-0.1, -0.05) is 6.08 Å². The van der Waals surface area contributed by atoms with E-state index >= 15 is 0 Å². The normalized spacial score (nSPS) is 28.9. The lowest BCUT2D eigenvalue weighted by atomic mass is 10.2. The summed E-state index contributed by atoms with van der Waals surface area (Å²) in [6, 6.07) is 0. The first-order valence-corrected chi connectivity index (χ1v) is 6.07. The van der Waals surface area contributed by atoms with Crippen LogP contribution in [0.4, 0.5) is 0 Å². The van der Waals surface area contributed by atoms with Crippen molar-refractivity contribution in [1.82, 2.24) is 0 Å². The molecule has 14 heavy (non-hydrogen) atoms. The van der Waals surface area contributed by atoms with E-state index in [1.54, 1.807) is 13.0 Å². The molecule has 1 aliphatic rings. The van der Waals surface area contributed by atoms with E-state index in [0.29, 0.717) is 12.2 Å². The van der Waals surface area contributed by atoms with Gasteiger partial charge in [-0.25, -0.2) is 4.79 Å². The zero-order valence-corrected chi connectivity index (χ0v) is 11.1. The van der Waals surface area contributed by atoms with Gasteiger partial charge in [0.2, 0.25) is 0 Å². The molecule has 1 unspecified atom stereocenters. The molecular formula is C10H18O3Si. The molecule has 0 spiro atoms. The van der Waals surface area contributed by atoms with Crippen LogP contribution in [0.2, 0.25) is 0 Å². The summed E-state index contributed by atoms with van der Waals surface area (Å²) in [5.74, 6) is -0.246. The van der Waals surface area contributed by atoms with Crippen molar-refractivity contribution in [2.75, 3.05) is 6.61 Å². The highest BCUT2D eigenvalue weighted by Crippen LogP contribution is 2.23. The molecule has 3 nitrogen and oxygen atoms in total. The molecule has 0 bridgehead atoms. The van der Waals surface area contributed by atoms with Crippen LogP contribution in [0.5, 0.6) is 0 Å². The first-order chi connectivity index (χ1) is 6.57. The molecule has 0 aromatic carbocycles. The summed E-state index contributed by atoms with van der Waals surface area (Å²) in [7, 11) is 0.734. The third-order valence-electron chi connectivity index (χ3n) is 2.50. The van der Waals surface area contributed by atoms with Crippen molar-refractivity contribution in [3.8, 4) is 0 Å². The van der Waals surface area contributed by atoms with Gasteiger partial charge in [0.15, 0.2) is 5.41 Å². The number of ether oxygens (including phenoxy) is 2. The topological polar surface area (TPSA) is 35.5 Å². The molecule has 0 aromatic heterocycles. The number of carbonyl (C=O) groups excluding carboxylic acids is 1. The third-order valence-corrected chi connectivity index (χ3v) is 3.49. The van der Waals surface area contributed by atoms with Crippen molar-refractivity contribution in [3.63, 3.8) is 0 Å². The lowest BCUT2D eigenvalue weighted by Gasteiger charge is -2.33. The van der Waals surface area contributed by atoms with E-state index in [2.05, 4.69) is 0 Å². The van der Waals surface area contributed by atoms with Crippen LogP contribution < -0.4 is 0 Å². The Morgan fingerprint density at radius 2 is 2.29 bits per heavy atom. The molecule has 0 aliphatic carbocycles. The fourth-order valence-corrected chi connectivity index (χ4v) is 2.13. The Morgan fingerprint density at radius 1 is 1.57 bits per heavy atom. The van der Waals surface area contributed by atoms with Gasteiger partial charge < -0.3 is 9.47 Å². The summed E-state index contributed by atoms with van der Waals surface area (Å²) in [4.78, 5) is 11.5. The molecule has 80 valence electrons. The van der Waals surface area contributed by atoms with Crippen LogP contribution >= 0.6 is 0 Å². The summed E-state index contributed by atoms with van der Waals surface area (Å²) in [5, 5.41) is 0. The minimum absolute atomic E-state index is 0.246. The zero-order chi connectivity index (χ0) is 10.6. The molecular weight excluding hydrogens is 196 g/mol. The molecule has 1 atom stereocenters. The van der Waals surface area contributed by atoms with Gasteiger partial charge in [-0.3, -0.25) is 0 Å². The van der Waals surface area contributed by atoms with Gasteiger partial charge in [-0.05, 0) is 26.7 Å². The summed E-state index contributed by atoms with van der Waals surface area (Å²) in [6.07, 6.45) is 4.77. The number of hydrogen-bond acceptors (Lipinski definition) is 3. The Morgan fingerprint density at radius 3 is 2.79 bits per heavy atom. The minimum Gasteiger partial charge on any atom is -0.435 e. The molecule has 0 radical (unpaired) electrons. The van der Waals surface area contributed by atoms with Crippen LogP contribution in [0, 0.1) is 0 Å². The highest BCUT2D eigenvalue weighted by Gasteiger charge is 2.31. The molecule has 0 amide bonds. The highest BCUT2D eigenvalue weighted by molar-refractivity contribution is 6.14. The SMILES string of the molecule is CC=C(C)C(=O)OC1([SiH3])CCCCO1. The second-order valence-corrected chi connectivity index (χ2v) is 5.32. The largest absolute Gasteiger partial charge is 0.435 e. The monoisotopic (exact) mass is 214 g/mol. The predicted molar refractivity (Wildman–Crippen MR) is 58.0 cm³/mol. The van der Waals surface area contributed by atoms with Gasteiger partial charge in [-0.2, -0.15) is 0 Å². The second-order valence-electron chi connectivity index (χ2n) is 3.80. The Labute approximate surface area is 87.9 Å². The van der Waals surface area contributed by atoms with E-state index in [9.17, 15) is 4.79 Å². The van der Waals surface area contributed by atoms with Crippen molar-refractivity contribution in [1.29, 1.82) is 0 Å². The Kier molecular flexibility index (Phi) is 3.89. The lowest BCUT2D eigenvalue weighted by molar-refractivity contribution is -0.202. The third kappa shape index (κ3) is 2.96. The Hall–Kier alpha value is -0.613. The Balaban J connectivity index is 2.53. The average Bonchev–Trinajstić information content (AvgIpc) is 2.17. The first-order valence-electron chi connectivity index (χ1n) is 5.07. The molecule has 0 N–H and O–H groups in total. The van der Waals surface area contributed by atoms with Gasteiger partial charge in [0.1, 0.15) is 0 Å². The highest BCUT2D eigenvalue weighted by atomic mass is 28.1. The van der Waals surface area contributed by atoms with Crippen LogP contribution in [-0.4, -0.2) is 28.2 Å². The van der Waals surface area contributed by atoms with E-state index < -0.39 is 5.41 Å². The quantitative estimate of drug-likeness (QED) is 0.386.